The highest BCUT2D eigenvalue weighted by Crippen LogP contribution is 2.28. The van der Waals surface area contributed by atoms with Gasteiger partial charge in [-0.25, -0.2) is 0 Å². The predicted octanol–water partition coefficient (Wildman–Crippen LogP) is 7.54. The van der Waals surface area contributed by atoms with Crippen LogP contribution in [0, 0.1) is 0 Å². The zero-order valence-corrected chi connectivity index (χ0v) is 20.9. The maximum atomic E-state index is 10.9. The van der Waals surface area contributed by atoms with Crippen molar-refractivity contribution >= 4 is 10.1 Å². The second-order valence-corrected chi connectivity index (χ2v) is 10.4. The van der Waals surface area contributed by atoms with Gasteiger partial charge in [0.05, 0.1) is 12.4 Å². The zero-order chi connectivity index (χ0) is 22.8. The van der Waals surface area contributed by atoms with Crippen LogP contribution in [-0.4, -0.2) is 25.3 Å². The summed E-state index contributed by atoms with van der Waals surface area (Å²) in [7, 11) is -3.88. The molecule has 0 aliphatic carbocycles. The summed E-state index contributed by atoms with van der Waals surface area (Å²) in [5.74, 6) is 0.830. The van der Waals surface area contributed by atoms with Crippen LogP contribution in [0.2, 0.25) is 0 Å². The van der Waals surface area contributed by atoms with Gasteiger partial charge in [0.1, 0.15) is 5.75 Å². The quantitative estimate of drug-likeness (QED) is 0.163. The third kappa shape index (κ3) is 14.6. The van der Waals surface area contributed by atoms with Crippen LogP contribution >= 0.6 is 0 Å². The van der Waals surface area contributed by atoms with Crippen LogP contribution in [0.25, 0.3) is 0 Å². The van der Waals surface area contributed by atoms with Crippen molar-refractivity contribution in [1.29, 1.82) is 0 Å². The smallest absolute Gasteiger partial charge is 0.264 e. The van der Waals surface area contributed by atoms with Gasteiger partial charge in [-0.05, 0) is 49.7 Å². The Morgan fingerprint density at radius 3 is 1.68 bits per heavy atom. The Morgan fingerprint density at radius 2 is 1.19 bits per heavy atom. The number of benzene rings is 1. The third-order valence-corrected chi connectivity index (χ3v) is 6.63. The topological polar surface area (TPSA) is 63.6 Å². The summed E-state index contributed by atoms with van der Waals surface area (Å²) in [5.41, 5.74) is 2.57. The van der Waals surface area contributed by atoms with Gasteiger partial charge in [0.25, 0.3) is 10.1 Å². The highest BCUT2D eigenvalue weighted by Gasteiger charge is 2.11. The highest BCUT2D eigenvalue weighted by atomic mass is 32.2. The minimum Gasteiger partial charge on any atom is -0.493 e. The number of rotatable bonds is 20. The normalized spacial score (nSPS) is 11.7. The standard InChI is InChI=1S/C26H46O4S/c1-3-5-7-9-11-13-18-24-20-17-21-25(19-14-12-10-8-6-4-2)26(24)30-22-15-16-23-31(27,28)29/h17,20-21H,3-16,18-19,22-23H2,1-2H3,(H,27,28,29). The number of aryl methyl sites for hydroxylation is 2. The molecule has 0 aliphatic rings. The van der Waals surface area contributed by atoms with Gasteiger partial charge in [0.15, 0.2) is 0 Å². The Kier molecular flexibility index (Phi) is 15.8. The largest absolute Gasteiger partial charge is 0.493 e. The van der Waals surface area contributed by atoms with E-state index in [1.807, 2.05) is 0 Å². The Bertz CT molecular complexity index is 636. The van der Waals surface area contributed by atoms with Gasteiger partial charge < -0.3 is 4.74 Å². The summed E-state index contributed by atoms with van der Waals surface area (Å²) in [4.78, 5) is 0. The van der Waals surface area contributed by atoms with Gasteiger partial charge in [0, 0.05) is 0 Å². The van der Waals surface area contributed by atoms with Crippen LogP contribution in [0.1, 0.15) is 115 Å². The summed E-state index contributed by atoms with van der Waals surface area (Å²) in [5, 5.41) is 0. The molecule has 1 aromatic rings. The fourth-order valence-corrected chi connectivity index (χ4v) is 4.54. The van der Waals surface area contributed by atoms with E-state index in [9.17, 15) is 8.42 Å². The molecule has 180 valence electrons. The predicted molar refractivity (Wildman–Crippen MR) is 132 cm³/mol. The van der Waals surface area contributed by atoms with E-state index >= 15 is 0 Å². The molecule has 0 atom stereocenters. The van der Waals surface area contributed by atoms with Crippen LogP contribution in [0.5, 0.6) is 5.75 Å². The van der Waals surface area contributed by atoms with Crippen molar-refractivity contribution in [1.82, 2.24) is 0 Å². The molecule has 0 fully saturated rings. The average Bonchev–Trinajstić information content (AvgIpc) is 2.73. The SMILES string of the molecule is CCCCCCCCc1cccc(CCCCCCCC)c1OCCCCS(=O)(=O)O. The Hall–Kier alpha value is -1.07. The lowest BCUT2D eigenvalue weighted by Gasteiger charge is -2.16. The van der Waals surface area contributed by atoms with Gasteiger partial charge in [-0.1, -0.05) is 96.3 Å². The first kappa shape index (κ1) is 28.0. The molecule has 31 heavy (non-hydrogen) atoms. The average molecular weight is 455 g/mol. The van der Waals surface area contributed by atoms with Crippen LogP contribution in [-0.2, 0) is 23.0 Å². The van der Waals surface area contributed by atoms with E-state index in [-0.39, 0.29) is 5.75 Å². The molecule has 0 unspecified atom stereocenters. The Labute approximate surface area is 191 Å². The molecule has 0 bridgehead atoms. The molecule has 0 radical (unpaired) electrons. The van der Waals surface area contributed by atoms with Crippen molar-refractivity contribution in [2.24, 2.45) is 0 Å². The van der Waals surface area contributed by atoms with Gasteiger partial charge in [-0.3, -0.25) is 4.55 Å². The summed E-state index contributed by atoms with van der Waals surface area (Å²) in [6.45, 7) is 4.98. The van der Waals surface area contributed by atoms with E-state index in [4.69, 9.17) is 9.29 Å². The molecule has 0 spiro atoms. The number of hydrogen-bond acceptors (Lipinski definition) is 3. The van der Waals surface area contributed by atoms with Crippen molar-refractivity contribution in [3.05, 3.63) is 29.3 Å². The lowest BCUT2D eigenvalue weighted by atomic mass is 9.98. The van der Waals surface area contributed by atoms with Crippen molar-refractivity contribution < 1.29 is 17.7 Å². The number of para-hydroxylation sites is 1. The van der Waals surface area contributed by atoms with Gasteiger partial charge in [-0.15, -0.1) is 0 Å². The molecule has 1 aromatic carbocycles. The van der Waals surface area contributed by atoms with E-state index in [0.717, 1.165) is 18.6 Å². The molecule has 0 amide bonds. The first-order chi connectivity index (χ1) is 15.0. The second-order valence-electron chi connectivity index (χ2n) is 8.78. The molecule has 0 heterocycles. The molecule has 4 nitrogen and oxygen atoms in total. The monoisotopic (exact) mass is 454 g/mol. The van der Waals surface area contributed by atoms with Crippen LogP contribution in [0.3, 0.4) is 0 Å². The molecular formula is C26H46O4S. The first-order valence-electron chi connectivity index (χ1n) is 12.7. The lowest BCUT2D eigenvalue weighted by Crippen LogP contribution is -2.08. The van der Waals surface area contributed by atoms with Gasteiger partial charge in [-0.2, -0.15) is 8.42 Å². The number of ether oxygens (including phenoxy) is 1. The fourth-order valence-electron chi connectivity index (χ4n) is 3.97. The molecule has 5 heteroatoms. The highest BCUT2D eigenvalue weighted by molar-refractivity contribution is 7.85. The Morgan fingerprint density at radius 1 is 0.710 bits per heavy atom. The van der Waals surface area contributed by atoms with Crippen LogP contribution in [0.15, 0.2) is 18.2 Å². The molecule has 1 rings (SSSR count). The number of hydrogen-bond donors (Lipinski definition) is 1. The van der Waals surface area contributed by atoms with Crippen LogP contribution < -0.4 is 4.74 Å². The summed E-state index contributed by atoms with van der Waals surface area (Å²) < 4.78 is 36.9. The van der Waals surface area contributed by atoms with Crippen molar-refractivity contribution in [2.75, 3.05) is 12.4 Å². The maximum Gasteiger partial charge on any atom is 0.264 e. The fraction of sp³-hybridized carbons (Fsp3) is 0.769. The summed E-state index contributed by atoms with van der Waals surface area (Å²) in [6.07, 6.45) is 18.5. The third-order valence-electron chi connectivity index (χ3n) is 5.82. The van der Waals surface area contributed by atoms with E-state index in [0.29, 0.717) is 19.4 Å². The van der Waals surface area contributed by atoms with Gasteiger partial charge in [0.2, 0.25) is 0 Å². The van der Waals surface area contributed by atoms with Gasteiger partial charge >= 0.3 is 0 Å². The van der Waals surface area contributed by atoms with E-state index < -0.39 is 10.1 Å². The summed E-state index contributed by atoms with van der Waals surface area (Å²) in [6, 6.07) is 6.53. The van der Waals surface area contributed by atoms with Crippen LogP contribution in [0.4, 0.5) is 0 Å². The second kappa shape index (κ2) is 17.5. The van der Waals surface area contributed by atoms with E-state index in [1.165, 1.54) is 88.2 Å². The zero-order valence-electron chi connectivity index (χ0n) is 20.0. The first-order valence-corrected chi connectivity index (χ1v) is 14.3. The molecule has 0 saturated carbocycles. The lowest BCUT2D eigenvalue weighted by molar-refractivity contribution is 0.302. The summed E-state index contributed by atoms with van der Waals surface area (Å²) >= 11 is 0. The van der Waals surface area contributed by atoms with Crippen molar-refractivity contribution in [3.63, 3.8) is 0 Å². The van der Waals surface area contributed by atoms with E-state index in [1.54, 1.807) is 0 Å². The molecule has 0 saturated heterocycles. The maximum absolute atomic E-state index is 10.9. The molecule has 0 aromatic heterocycles. The van der Waals surface area contributed by atoms with E-state index in [2.05, 4.69) is 32.0 Å². The Balaban J connectivity index is 2.61. The van der Waals surface area contributed by atoms with Crippen molar-refractivity contribution in [3.8, 4) is 5.75 Å². The number of unbranched alkanes of at least 4 members (excludes halogenated alkanes) is 11. The molecule has 1 N–H and O–H groups in total. The molecule has 0 aliphatic heterocycles. The minimum absolute atomic E-state index is 0.194. The van der Waals surface area contributed by atoms with Crippen molar-refractivity contribution in [2.45, 2.75) is 117 Å². The minimum atomic E-state index is -3.88. The molecular weight excluding hydrogens is 408 g/mol.